The minimum atomic E-state index is -0.923. The Balaban J connectivity index is 0.000000220. The molecule has 0 spiro atoms. The fourth-order valence-corrected chi connectivity index (χ4v) is 1.36. The first kappa shape index (κ1) is 17.0. The smallest absolute Gasteiger partial charge is 0.335 e. The number of nitrogen functional groups attached to an aromatic ring is 1. The molecular weight excluding hydrogens is 290 g/mol. The van der Waals surface area contributed by atoms with Crippen molar-refractivity contribution in [3.05, 3.63) is 35.9 Å². The molecule has 0 radical (unpaired) electrons. The molecule has 0 aliphatic heterocycles. The van der Waals surface area contributed by atoms with E-state index in [1.165, 1.54) is 33.5 Å². The Morgan fingerprint density at radius 1 is 1.00 bits per heavy atom. The molecule has 0 saturated carbocycles. The Kier molecular flexibility index (Phi) is 6.42. The van der Waals surface area contributed by atoms with E-state index < -0.39 is 5.97 Å². The quantitative estimate of drug-likeness (QED) is 0.872. The first-order valence-corrected chi connectivity index (χ1v) is 6.10. The average Bonchev–Trinajstić information content (AvgIpc) is 2.54. The van der Waals surface area contributed by atoms with E-state index >= 15 is 0 Å². The zero-order chi connectivity index (χ0) is 16.5. The van der Waals surface area contributed by atoms with E-state index in [9.17, 15) is 4.79 Å². The lowest BCUT2D eigenvalue weighted by Gasteiger charge is -2.01. The zero-order valence-corrected chi connectivity index (χ0v) is 12.4. The summed E-state index contributed by atoms with van der Waals surface area (Å²) < 4.78 is 14.5. The third-order valence-electron chi connectivity index (χ3n) is 2.45. The Morgan fingerprint density at radius 2 is 1.50 bits per heavy atom. The second-order valence-corrected chi connectivity index (χ2v) is 3.84. The summed E-state index contributed by atoms with van der Waals surface area (Å²) in [5.41, 5.74) is 5.60. The summed E-state index contributed by atoms with van der Waals surface area (Å²) in [6.07, 6.45) is 0. The Hall–Kier alpha value is -3.03. The van der Waals surface area contributed by atoms with Gasteiger partial charge in [0.2, 0.25) is 17.7 Å². The summed E-state index contributed by atoms with van der Waals surface area (Å²) in [6, 6.07) is 7.78. The van der Waals surface area contributed by atoms with Crippen LogP contribution in [0.1, 0.15) is 10.4 Å². The molecule has 0 fully saturated rings. The number of carbonyl (C=O) groups is 1. The van der Waals surface area contributed by atoms with Crippen molar-refractivity contribution in [2.75, 3.05) is 27.1 Å². The number of ether oxygens (including phenoxy) is 3. The average molecular weight is 307 g/mol. The number of aromatic carboxylic acids is 1. The number of rotatable bonds is 4. The number of carboxylic acids is 1. The Labute approximate surface area is 127 Å². The van der Waals surface area contributed by atoms with Gasteiger partial charge < -0.3 is 25.1 Å². The zero-order valence-electron chi connectivity index (χ0n) is 12.4. The molecule has 118 valence electrons. The van der Waals surface area contributed by atoms with Crippen molar-refractivity contribution in [1.29, 1.82) is 0 Å². The Bertz CT molecular complexity index is 594. The number of aromatic nitrogens is 2. The highest BCUT2D eigenvalue weighted by atomic mass is 16.5. The van der Waals surface area contributed by atoms with E-state index in [2.05, 4.69) is 9.97 Å². The van der Waals surface area contributed by atoms with Crippen LogP contribution in [0.25, 0.3) is 0 Å². The number of hydrogen-bond acceptors (Lipinski definition) is 7. The van der Waals surface area contributed by atoms with E-state index in [0.717, 1.165) is 0 Å². The van der Waals surface area contributed by atoms with Crippen LogP contribution in [0.4, 0.5) is 5.95 Å². The van der Waals surface area contributed by atoms with Crippen molar-refractivity contribution in [3.8, 4) is 17.5 Å². The summed E-state index contributed by atoms with van der Waals surface area (Å²) in [5.74, 6) is 0.674. The molecule has 1 heterocycles. The number of methoxy groups -OCH3 is 3. The second kappa shape index (κ2) is 8.30. The van der Waals surface area contributed by atoms with Gasteiger partial charge in [0.1, 0.15) is 5.75 Å². The van der Waals surface area contributed by atoms with Crippen LogP contribution in [0, 0.1) is 0 Å². The van der Waals surface area contributed by atoms with Gasteiger partial charge in [-0.05, 0) is 24.3 Å². The van der Waals surface area contributed by atoms with Crippen molar-refractivity contribution in [1.82, 2.24) is 9.97 Å². The lowest BCUT2D eigenvalue weighted by Crippen LogP contribution is -1.99. The van der Waals surface area contributed by atoms with Crippen LogP contribution in [-0.2, 0) is 0 Å². The summed E-state index contributed by atoms with van der Waals surface area (Å²) in [7, 11) is 4.54. The van der Waals surface area contributed by atoms with Gasteiger partial charge in [-0.1, -0.05) is 0 Å². The van der Waals surface area contributed by atoms with Crippen LogP contribution >= 0.6 is 0 Å². The lowest BCUT2D eigenvalue weighted by molar-refractivity contribution is 0.0697. The summed E-state index contributed by atoms with van der Waals surface area (Å²) >= 11 is 0. The summed E-state index contributed by atoms with van der Waals surface area (Å²) in [4.78, 5) is 17.9. The molecule has 2 rings (SSSR count). The summed E-state index contributed by atoms with van der Waals surface area (Å²) in [5, 5.41) is 8.51. The molecule has 8 heteroatoms. The van der Waals surface area contributed by atoms with Gasteiger partial charge in [0.15, 0.2) is 0 Å². The fourth-order valence-electron chi connectivity index (χ4n) is 1.36. The molecule has 0 aliphatic rings. The van der Waals surface area contributed by atoms with E-state index in [4.69, 9.17) is 25.1 Å². The van der Waals surface area contributed by atoms with Gasteiger partial charge >= 0.3 is 5.97 Å². The van der Waals surface area contributed by atoms with Gasteiger partial charge in [-0.25, -0.2) is 4.79 Å². The van der Waals surface area contributed by atoms with Crippen LogP contribution in [0.2, 0.25) is 0 Å². The molecule has 0 atom stereocenters. The van der Waals surface area contributed by atoms with Crippen molar-refractivity contribution in [2.24, 2.45) is 0 Å². The van der Waals surface area contributed by atoms with Gasteiger partial charge in [-0.3, -0.25) is 0 Å². The molecule has 3 N–H and O–H groups in total. The molecule has 1 aromatic carbocycles. The van der Waals surface area contributed by atoms with Crippen molar-refractivity contribution in [3.63, 3.8) is 0 Å². The molecule has 0 amide bonds. The number of nitrogens with zero attached hydrogens (tertiary/aromatic N) is 2. The van der Waals surface area contributed by atoms with Crippen molar-refractivity contribution < 1.29 is 24.1 Å². The molecule has 0 bridgehead atoms. The largest absolute Gasteiger partial charge is 0.497 e. The van der Waals surface area contributed by atoms with Gasteiger partial charge in [0.05, 0.1) is 33.0 Å². The van der Waals surface area contributed by atoms with Crippen LogP contribution < -0.4 is 19.9 Å². The molecule has 0 saturated heterocycles. The van der Waals surface area contributed by atoms with Crippen LogP contribution in [0.5, 0.6) is 17.5 Å². The fraction of sp³-hybridized carbons (Fsp3) is 0.214. The number of anilines is 1. The van der Waals surface area contributed by atoms with Crippen molar-refractivity contribution >= 4 is 11.9 Å². The Morgan fingerprint density at radius 3 is 1.86 bits per heavy atom. The van der Waals surface area contributed by atoms with Gasteiger partial charge in [0.25, 0.3) is 0 Å². The van der Waals surface area contributed by atoms with E-state index in [0.29, 0.717) is 17.5 Å². The molecule has 22 heavy (non-hydrogen) atoms. The number of benzene rings is 1. The van der Waals surface area contributed by atoms with E-state index in [-0.39, 0.29) is 11.5 Å². The van der Waals surface area contributed by atoms with Crippen LogP contribution in [0.3, 0.4) is 0 Å². The maximum absolute atomic E-state index is 10.4. The van der Waals surface area contributed by atoms with Crippen molar-refractivity contribution in [2.45, 2.75) is 0 Å². The maximum Gasteiger partial charge on any atom is 0.335 e. The molecule has 8 nitrogen and oxygen atoms in total. The van der Waals surface area contributed by atoms with Gasteiger partial charge in [-0.2, -0.15) is 9.97 Å². The minimum absolute atomic E-state index is 0.140. The van der Waals surface area contributed by atoms with Crippen LogP contribution in [0.15, 0.2) is 30.3 Å². The monoisotopic (exact) mass is 307 g/mol. The van der Waals surface area contributed by atoms with E-state index in [1.807, 2.05) is 0 Å². The predicted octanol–water partition coefficient (Wildman–Crippen LogP) is 1.47. The molecule has 1 aromatic heterocycles. The van der Waals surface area contributed by atoms with E-state index in [1.54, 1.807) is 18.2 Å². The van der Waals surface area contributed by atoms with Gasteiger partial charge in [0, 0.05) is 0 Å². The molecule has 2 aromatic rings. The summed E-state index contributed by atoms with van der Waals surface area (Å²) in [6.45, 7) is 0. The maximum atomic E-state index is 10.4. The van der Waals surface area contributed by atoms with Gasteiger partial charge in [-0.15, -0.1) is 0 Å². The normalized spacial score (nSPS) is 9.23. The molecule has 0 unspecified atom stereocenters. The third-order valence-corrected chi connectivity index (χ3v) is 2.45. The molecule has 0 aliphatic carbocycles. The number of nitrogens with two attached hydrogens (primary N) is 1. The first-order chi connectivity index (χ1) is 10.5. The highest BCUT2D eigenvalue weighted by Gasteiger charge is 2.01. The number of hydrogen-bond donors (Lipinski definition) is 2. The topological polar surface area (TPSA) is 117 Å². The predicted molar refractivity (Wildman–Crippen MR) is 79.5 cm³/mol. The minimum Gasteiger partial charge on any atom is -0.497 e. The highest BCUT2D eigenvalue weighted by Crippen LogP contribution is 2.14. The third kappa shape index (κ3) is 5.16. The highest BCUT2D eigenvalue weighted by molar-refractivity contribution is 5.87. The molecular formula is C14H17N3O5. The van der Waals surface area contributed by atoms with Crippen LogP contribution in [-0.4, -0.2) is 42.4 Å². The standard InChI is InChI=1S/C8H8O3.C6H9N3O2/c1-11-7-4-2-6(3-5-7)8(9)10;1-10-4-3-5(11-2)9-6(7)8-4/h2-5H,1H3,(H,9,10);3H,1-2H3,(H2,7,8,9). The number of carboxylic acid groups (broad SMARTS) is 1. The second-order valence-electron chi connectivity index (χ2n) is 3.84. The SMILES string of the molecule is COc1cc(OC)nc(N)n1.COc1ccc(C(=O)O)cc1. The first-order valence-electron chi connectivity index (χ1n) is 6.10. The lowest BCUT2D eigenvalue weighted by atomic mass is 10.2.